The van der Waals surface area contributed by atoms with Gasteiger partial charge in [0.1, 0.15) is 17.1 Å². The maximum Gasteiger partial charge on any atom is 0.410 e. The van der Waals surface area contributed by atoms with Crippen molar-refractivity contribution in [3.8, 4) is 0 Å². The Kier molecular flexibility index (Phi) is 10.8. The van der Waals surface area contributed by atoms with Crippen LogP contribution in [0.25, 0.3) is 0 Å². The van der Waals surface area contributed by atoms with E-state index in [1.54, 1.807) is 26.8 Å². The molecule has 0 atom stereocenters. The van der Waals surface area contributed by atoms with Crippen molar-refractivity contribution in [2.75, 3.05) is 50.4 Å². The summed E-state index contributed by atoms with van der Waals surface area (Å²) in [6.45, 7) is 4.83. The second-order valence-corrected chi connectivity index (χ2v) is 11.9. The van der Waals surface area contributed by atoms with E-state index in [1.807, 2.05) is 22.6 Å². The molecule has 0 unspecified atom stereocenters. The number of anilines is 3. The molecule has 2 rings (SSSR count). The van der Waals surface area contributed by atoms with Crippen molar-refractivity contribution >= 4 is 56.0 Å². The molecule has 0 saturated carbocycles. The van der Waals surface area contributed by atoms with E-state index in [4.69, 9.17) is 9.47 Å². The minimum Gasteiger partial charge on any atom is -0.444 e. The van der Waals surface area contributed by atoms with E-state index in [1.165, 1.54) is 31.2 Å². The van der Waals surface area contributed by atoms with Crippen molar-refractivity contribution in [2.24, 2.45) is 0 Å². The summed E-state index contributed by atoms with van der Waals surface area (Å²) in [6, 6.07) is 5.80. The van der Waals surface area contributed by atoms with E-state index < -0.39 is 45.0 Å². The zero-order valence-corrected chi connectivity index (χ0v) is 24.0. The third-order valence-electron chi connectivity index (χ3n) is 4.80. The Hall–Kier alpha value is -2.30. The van der Waals surface area contributed by atoms with Gasteiger partial charge in [0.2, 0.25) is 0 Å². The number of nitrogens with zero attached hydrogens (tertiary/aromatic N) is 2. The molecule has 9 nitrogen and oxygen atoms in total. The highest BCUT2D eigenvalue weighted by Crippen LogP contribution is 2.32. The molecule has 0 bridgehead atoms. The first-order valence-corrected chi connectivity index (χ1v) is 13.6. The molecule has 2 aromatic rings. The van der Waals surface area contributed by atoms with Gasteiger partial charge in [0.25, 0.3) is 0 Å². The second kappa shape index (κ2) is 13.0. The number of benzene rings is 2. The topological polar surface area (TPSA) is 100 Å². The molecule has 2 N–H and O–H groups in total. The van der Waals surface area contributed by atoms with E-state index >= 15 is 0 Å². The monoisotopic (exact) mass is 658 g/mol. The number of hydrogen-bond donors (Lipinski definition) is 2. The SMILES string of the molecule is COCCN(CCN(C)C(=O)OC(C)(C)C)S(=O)(=O)Nc1ccc(F)c(F)c1Nc1ccc(I)cc1F. The lowest BCUT2D eigenvalue weighted by Crippen LogP contribution is -2.44. The van der Waals surface area contributed by atoms with Gasteiger partial charge in [-0.05, 0) is 73.7 Å². The van der Waals surface area contributed by atoms with E-state index in [-0.39, 0.29) is 37.6 Å². The van der Waals surface area contributed by atoms with E-state index in [0.29, 0.717) is 3.57 Å². The van der Waals surface area contributed by atoms with Crippen LogP contribution in [0, 0.1) is 21.0 Å². The fourth-order valence-corrected chi connectivity index (χ4v) is 4.59. The minimum absolute atomic E-state index is 0.0216. The lowest BCUT2D eigenvalue weighted by Gasteiger charge is -2.28. The molecule has 0 aliphatic carbocycles. The normalized spacial score (nSPS) is 11.9. The van der Waals surface area contributed by atoms with Gasteiger partial charge in [-0.15, -0.1) is 0 Å². The van der Waals surface area contributed by atoms with Gasteiger partial charge in [-0.1, -0.05) is 0 Å². The van der Waals surface area contributed by atoms with Crippen LogP contribution in [0.5, 0.6) is 0 Å². The zero-order valence-electron chi connectivity index (χ0n) is 21.1. The highest BCUT2D eigenvalue weighted by atomic mass is 127. The third kappa shape index (κ3) is 9.19. The fraction of sp³-hybridized carbons (Fsp3) is 0.435. The summed E-state index contributed by atoms with van der Waals surface area (Å²) in [7, 11) is -1.52. The summed E-state index contributed by atoms with van der Waals surface area (Å²) < 4.78 is 83.6. The lowest BCUT2D eigenvalue weighted by molar-refractivity contribution is 0.0291. The summed E-state index contributed by atoms with van der Waals surface area (Å²) in [6.07, 6.45) is -0.642. The minimum atomic E-state index is -4.36. The van der Waals surface area contributed by atoms with Gasteiger partial charge < -0.3 is 19.7 Å². The molecule has 1 amide bonds. The number of carbonyl (C=O) groups excluding carboxylic acids is 1. The summed E-state index contributed by atoms with van der Waals surface area (Å²) in [5.41, 5.74) is -1.86. The summed E-state index contributed by atoms with van der Waals surface area (Å²) in [5, 5.41) is 2.44. The van der Waals surface area contributed by atoms with Gasteiger partial charge in [-0.2, -0.15) is 12.7 Å². The first-order valence-electron chi connectivity index (χ1n) is 11.1. The average Bonchev–Trinajstić information content (AvgIpc) is 2.78. The van der Waals surface area contributed by atoms with Crippen molar-refractivity contribution in [3.05, 3.63) is 51.4 Å². The fourth-order valence-electron chi connectivity index (χ4n) is 2.92. The first-order chi connectivity index (χ1) is 17.1. The Morgan fingerprint density at radius 2 is 1.68 bits per heavy atom. The number of carbonyl (C=O) groups is 1. The van der Waals surface area contributed by atoms with E-state index in [0.717, 1.165) is 16.4 Å². The van der Waals surface area contributed by atoms with Crippen molar-refractivity contribution < 1.29 is 35.9 Å². The van der Waals surface area contributed by atoms with Crippen LogP contribution in [0.2, 0.25) is 0 Å². The second-order valence-electron chi connectivity index (χ2n) is 8.93. The maximum absolute atomic E-state index is 14.7. The van der Waals surface area contributed by atoms with Gasteiger partial charge in [-0.25, -0.2) is 18.0 Å². The molecule has 0 radical (unpaired) electrons. The van der Waals surface area contributed by atoms with Crippen LogP contribution in [0.4, 0.5) is 35.0 Å². The molecule has 14 heteroatoms. The molecule has 0 spiro atoms. The number of rotatable bonds is 11. The van der Waals surface area contributed by atoms with E-state index in [9.17, 15) is 26.4 Å². The van der Waals surface area contributed by atoms with Crippen molar-refractivity contribution in [2.45, 2.75) is 26.4 Å². The van der Waals surface area contributed by atoms with Crippen LogP contribution in [-0.2, 0) is 19.7 Å². The molecule has 37 heavy (non-hydrogen) atoms. The lowest BCUT2D eigenvalue weighted by atomic mass is 10.2. The van der Waals surface area contributed by atoms with Crippen LogP contribution < -0.4 is 10.0 Å². The Labute approximate surface area is 228 Å². The van der Waals surface area contributed by atoms with Crippen LogP contribution in [0.3, 0.4) is 0 Å². The number of halogens is 4. The summed E-state index contributed by atoms with van der Waals surface area (Å²) in [4.78, 5) is 13.5. The Morgan fingerprint density at radius 1 is 1.03 bits per heavy atom. The van der Waals surface area contributed by atoms with Gasteiger partial charge >= 0.3 is 16.3 Å². The molecule has 0 aliphatic rings. The Bertz CT molecular complexity index is 1210. The standard InChI is InChI=1S/C23H30F3IN4O5S/c1-23(2,3)36-22(32)30(4)10-11-31(12-13-35-5)37(33,34)29-19-9-7-16(24)20(26)21(19)28-18-8-6-15(27)14-17(18)25/h6-9,14,28-29H,10-13H2,1-5H3. The Morgan fingerprint density at radius 3 is 2.27 bits per heavy atom. The van der Waals surface area contributed by atoms with E-state index in [2.05, 4.69) is 10.0 Å². The van der Waals surface area contributed by atoms with Gasteiger partial charge in [0, 0.05) is 37.4 Å². The molecule has 0 heterocycles. The molecular formula is C23H30F3IN4O5S. The molecule has 0 aliphatic heterocycles. The van der Waals surface area contributed by atoms with Gasteiger partial charge in [0.15, 0.2) is 11.6 Å². The van der Waals surface area contributed by atoms with Crippen LogP contribution in [0.15, 0.2) is 30.3 Å². The average molecular weight is 658 g/mol. The predicted octanol–water partition coefficient (Wildman–Crippen LogP) is 4.92. The van der Waals surface area contributed by atoms with Crippen LogP contribution >= 0.6 is 22.6 Å². The largest absolute Gasteiger partial charge is 0.444 e. The maximum atomic E-state index is 14.7. The molecule has 0 saturated heterocycles. The summed E-state index contributed by atoms with van der Waals surface area (Å²) in [5.74, 6) is -3.39. The number of methoxy groups -OCH3 is 1. The summed E-state index contributed by atoms with van der Waals surface area (Å²) >= 11 is 1.89. The third-order valence-corrected chi connectivity index (χ3v) is 6.99. The first kappa shape index (κ1) is 30.9. The molecule has 0 aromatic heterocycles. The molecule has 206 valence electrons. The predicted molar refractivity (Wildman–Crippen MR) is 144 cm³/mol. The van der Waals surface area contributed by atoms with Crippen molar-refractivity contribution in [3.63, 3.8) is 0 Å². The highest BCUT2D eigenvalue weighted by Gasteiger charge is 2.27. The quantitative estimate of drug-likeness (QED) is 0.333. The van der Waals surface area contributed by atoms with Crippen molar-refractivity contribution in [1.82, 2.24) is 9.21 Å². The van der Waals surface area contributed by atoms with Crippen LogP contribution in [-0.4, -0.2) is 69.7 Å². The molecule has 2 aromatic carbocycles. The van der Waals surface area contributed by atoms with Crippen LogP contribution in [0.1, 0.15) is 20.8 Å². The number of likely N-dealkylation sites (N-methyl/N-ethyl adjacent to an activating group) is 1. The highest BCUT2D eigenvalue weighted by molar-refractivity contribution is 14.1. The van der Waals surface area contributed by atoms with Crippen molar-refractivity contribution in [1.29, 1.82) is 0 Å². The molecular weight excluding hydrogens is 628 g/mol. The van der Waals surface area contributed by atoms with Gasteiger partial charge in [-0.3, -0.25) is 4.72 Å². The zero-order chi connectivity index (χ0) is 28.0. The Balaban J connectivity index is 2.31. The number of amides is 1. The number of nitrogens with one attached hydrogen (secondary N) is 2. The van der Waals surface area contributed by atoms with Gasteiger partial charge in [0.05, 0.1) is 18.0 Å². The molecule has 0 fully saturated rings. The smallest absolute Gasteiger partial charge is 0.410 e. The number of hydrogen-bond acceptors (Lipinski definition) is 6. The number of ether oxygens (including phenoxy) is 2.